The smallest absolute Gasteiger partial charge is 0.143 e. The van der Waals surface area contributed by atoms with Gasteiger partial charge in [-0.05, 0) is 59.7 Å². The van der Waals surface area contributed by atoms with Gasteiger partial charge in [0.1, 0.15) is 5.82 Å². The van der Waals surface area contributed by atoms with E-state index >= 15 is 0 Å². The quantitative estimate of drug-likeness (QED) is 0.781. The summed E-state index contributed by atoms with van der Waals surface area (Å²) in [7, 11) is 0. The highest BCUT2D eigenvalue weighted by atomic mass is 79.9. The Kier molecular flexibility index (Phi) is 2.88. The molecule has 3 rings (SSSR count). The van der Waals surface area contributed by atoms with Crippen molar-refractivity contribution >= 4 is 21.7 Å². The highest BCUT2D eigenvalue weighted by molar-refractivity contribution is 9.10. The Morgan fingerprint density at radius 1 is 1.25 bits per heavy atom. The molecule has 0 N–H and O–H groups in total. The van der Waals surface area contributed by atoms with E-state index < -0.39 is 0 Å². The first-order chi connectivity index (χ1) is 7.86. The van der Waals surface area contributed by atoms with Crippen molar-refractivity contribution in [3.8, 4) is 0 Å². The molecule has 1 aromatic rings. The number of anilines is 1. The van der Waals surface area contributed by atoms with E-state index in [0.717, 1.165) is 22.3 Å². The number of piperidine rings is 1. The molecule has 1 aliphatic heterocycles. The average molecular weight is 281 g/mol. The van der Waals surface area contributed by atoms with Crippen molar-refractivity contribution < 1.29 is 0 Å². The molecule has 0 amide bonds. The van der Waals surface area contributed by atoms with Crippen molar-refractivity contribution in [2.24, 2.45) is 5.92 Å². The molecular formula is C13H17BrN2. The Morgan fingerprint density at radius 3 is 3.00 bits per heavy atom. The maximum absolute atomic E-state index is 4.54. The van der Waals surface area contributed by atoms with Crippen molar-refractivity contribution in [1.29, 1.82) is 0 Å². The summed E-state index contributed by atoms with van der Waals surface area (Å²) in [4.78, 5) is 7.07. The van der Waals surface area contributed by atoms with Gasteiger partial charge in [-0.3, -0.25) is 0 Å². The molecular weight excluding hydrogens is 264 g/mol. The molecule has 2 heterocycles. The molecule has 0 spiro atoms. The summed E-state index contributed by atoms with van der Waals surface area (Å²) in [5.41, 5.74) is 0. The minimum atomic E-state index is 0.750. The van der Waals surface area contributed by atoms with E-state index in [9.17, 15) is 0 Å². The van der Waals surface area contributed by atoms with Crippen molar-refractivity contribution in [1.82, 2.24) is 4.98 Å². The Balaban J connectivity index is 1.91. The number of halogens is 1. The first kappa shape index (κ1) is 10.6. The Bertz CT molecular complexity index is 380. The largest absolute Gasteiger partial charge is 0.352 e. The third kappa shape index (κ3) is 1.75. The predicted octanol–water partition coefficient (Wildman–Crippen LogP) is 3.61. The Morgan fingerprint density at radius 2 is 2.12 bits per heavy atom. The zero-order valence-corrected chi connectivity index (χ0v) is 11.0. The number of pyridine rings is 1. The zero-order valence-electron chi connectivity index (χ0n) is 9.40. The SMILES string of the molecule is Brc1cccnc1N1CCCC2CCCC21. The minimum absolute atomic E-state index is 0.750. The van der Waals surface area contributed by atoms with Gasteiger partial charge in [0.05, 0.1) is 4.47 Å². The molecule has 0 aromatic carbocycles. The molecule has 0 bridgehead atoms. The number of rotatable bonds is 1. The van der Waals surface area contributed by atoms with Crippen molar-refractivity contribution in [3.05, 3.63) is 22.8 Å². The number of hydrogen-bond donors (Lipinski definition) is 0. The fraction of sp³-hybridized carbons (Fsp3) is 0.615. The summed E-state index contributed by atoms with van der Waals surface area (Å²) in [5, 5.41) is 0. The van der Waals surface area contributed by atoms with Gasteiger partial charge in [-0.15, -0.1) is 0 Å². The van der Waals surface area contributed by atoms with E-state index in [1.807, 2.05) is 12.3 Å². The third-order valence-corrected chi connectivity index (χ3v) is 4.62. The molecule has 2 atom stereocenters. The van der Waals surface area contributed by atoms with Gasteiger partial charge in [0.25, 0.3) is 0 Å². The van der Waals surface area contributed by atoms with Crippen LogP contribution >= 0.6 is 15.9 Å². The second-order valence-corrected chi connectivity index (χ2v) is 5.76. The third-order valence-electron chi connectivity index (χ3n) is 4.00. The van der Waals surface area contributed by atoms with Crippen LogP contribution in [-0.2, 0) is 0 Å². The van der Waals surface area contributed by atoms with E-state index in [-0.39, 0.29) is 0 Å². The minimum Gasteiger partial charge on any atom is -0.352 e. The summed E-state index contributed by atoms with van der Waals surface area (Å²) in [6, 6.07) is 4.84. The van der Waals surface area contributed by atoms with Crippen LogP contribution in [0.15, 0.2) is 22.8 Å². The second-order valence-electron chi connectivity index (χ2n) is 4.90. The van der Waals surface area contributed by atoms with Gasteiger partial charge >= 0.3 is 0 Å². The van der Waals surface area contributed by atoms with Crippen LogP contribution in [0.2, 0.25) is 0 Å². The summed E-state index contributed by atoms with van der Waals surface area (Å²) >= 11 is 3.62. The van der Waals surface area contributed by atoms with Crippen LogP contribution in [0, 0.1) is 5.92 Å². The maximum atomic E-state index is 4.54. The van der Waals surface area contributed by atoms with Crippen LogP contribution in [0.1, 0.15) is 32.1 Å². The summed E-state index contributed by atoms with van der Waals surface area (Å²) < 4.78 is 1.14. The van der Waals surface area contributed by atoms with E-state index in [1.165, 1.54) is 38.6 Å². The molecule has 16 heavy (non-hydrogen) atoms. The van der Waals surface area contributed by atoms with Gasteiger partial charge in [-0.25, -0.2) is 4.98 Å². The fourth-order valence-corrected chi connectivity index (χ4v) is 3.79. The topological polar surface area (TPSA) is 16.1 Å². The number of aromatic nitrogens is 1. The lowest BCUT2D eigenvalue weighted by atomic mass is 9.92. The summed E-state index contributed by atoms with van der Waals surface area (Å²) in [5.74, 6) is 2.07. The molecule has 1 saturated carbocycles. The van der Waals surface area contributed by atoms with Crippen LogP contribution in [-0.4, -0.2) is 17.6 Å². The van der Waals surface area contributed by atoms with Gasteiger partial charge in [-0.1, -0.05) is 6.42 Å². The van der Waals surface area contributed by atoms with Crippen LogP contribution in [0.4, 0.5) is 5.82 Å². The van der Waals surface area contributed by atoms with Gasteiger partial charge < -0.3 is 4.90 Å². The maximum Gasteiger partial charge on any atom is 0.143 e. The Labute approximate surface area is 105 Å². The molecule has 2 nitrogen and oxygen atoms in total. The monoisotopic (exact) mass is 280 g/mol. The fourth-order valence-electron chi connectivity index (χ4n) is 3.31. The lowest BCUT2D eigenvalue weighted by molar-refractivity contribution is 0.360. The van der Waals surface area contributed by atoms with E-state index in [4.69, 9.17) is 0 Å². The molecule has 2 unspecified atom stereocenters. The van der Waals surface area contributed by atoms with Gasteiger partial charge in [-0.2, -0.15) is 0 Å². The molecule has 3 heteroatoms. The normalized spacial score (nSPS) is 29.2. The molecule has 1 aromatic heterocycles. The highest BCUT2D eigenvalue weighted by Crippen LogP contribution is 2.40. The molecule has 1 saturated heterocycles. The number of hydrogen-bond acceptors (Lipinski definition) is 2. The van der Waals surface area contributed by atoms with Crippen molar-refractivity contribution in [3.63, 3.8) is 0 Å². The number of nitrogens with zero attached hydrogens (tertiary/aromatic N) is 2. The zero-order chi connectivity index (χ0) is 11.0. The first-order valence-corrected chi connectivity index (χ1v) is 7.03. The van der Waals surface area contributed by atoms with E-state index in [1.54, 1.807) is 0 Å². The van der Waals surface area contributed by atoms with Crippen molar-refractivity contribution in [2.45, 2.75) is 38.1 Å². The lowest BCUT2D eigenvalue weighted by Crippen LogP contribution is -2.43. The molecule has 0 radical (unpaired) electrons. The van der Waals surface area contributed by atoms with Gasteiger partial charge in [0, 0.05) is 18.8 Å². The second kappa shape index (κ2) is 4.36. The number of fused-ring (bicyclic) bond motifs is 1. The van der Waals surface area contributed by atoms with Gasteiger partial charge in [0.2, 0.25) is 0 Å². The Hall–Kier alpha value is -0.570. The van der Waals surface area contributed by atoms with Crippen molar-refractivity contribution in [2.75, 3.05) is 11.4 Å². The lowest BCUT2D eigenvalue weighted by Gasteiger charge is -2.39. The molecule has 86 valence electrons. The molecule has 2 aliphatic rings. The summed E-state index contributed by atoms with van der Waals surface area (Å²) in [6.07, 6.45) is 8.82. The van der Waals surface area contributed by atoms with E-state index in [0.29, 0.717) is 0 Å². The highest BCUT2D eigenvalue weighted by Gasteiger charge is 2.35. The van der Waals surface area contributed by atoms with Crippen LogP contribution in [0.5, 0.6) is 0 Å². The van der Waals surface area contributed by atoms with Crippen LogP contribution in [0.3, 0.4) is 0 Å². The predicted molar refractivity (Wildman–Crippen MR) is 69.6 cm³/mol. The van der Waals surface area contributed by atoms with Crippen LogP contribution < -0.4 is 4.90 Å². The van der Waals surface area contributed by atoms with E-state index in [2.05, 4.69) is 31.9 Å². The summed E-state index contributed by atoms with van der Waals surface area (Å²) in [6.45, 7) is 1.18. The molecule has 1 aliphatic carbocycles. The standard InChI is InChI=1S/C13H17BrN2/c14-11-6-2-8-15-13(11)16-9-3-5-10-4-1-7-12(10)16/h2,6,8,10,12H,1,3-5,7,9H2. The molecule has 2 fully saturated rings. The average Bonchev–Trinajstić information content (AvgIpc) is 2.77. The van der Waals surface area contributed by atoms with Crippen LogP contribution in [0.25, 0.3) is 0 Å². The van der Waals surface area contributed by atoms with Gasteiger partial charge in [0.15, 0.2) is 0 Å². The first-order valence-electron chi connectivity index (χ1n) is 6.23.